The maximum Gasteiger partial charge on any atom is 0.122 e. The molecule has 2 N–H and O–H groups in total. The summed E-state index contributed by atoms with van der Waals surface area (Å²) in [5.74, 6) is 0.208. The minimum absolute atomic E-state index is 0.0846. The van der Waals surface area contributed by atoms with Crippen molar-refractivity contribution in [2.24, 2.45) is 0 Å². The molecule has 0 saturated carbocycles. The van der Waals surface area contributed by atoms with E-state index in [0.29, 0.717) is 0 Å². The van der Waals surface area contributed by atoms with Crippen LogP contribution in [0.5, 0.6) is 11.5 Å². The molecule has 0 fully saturated rings. The molecule has 2 aromatic carbocycles. The SMILES string of the molecule is Cc1ccc(-c2cc(O)cc(O)c2C)cc1C. The van der Waals surface area contributed by atoms with Gasteiger partial charge in [0.05, 0.1) is 0 Å². The van der Waals surface area contributed by atoms with Crippen molar-refractivity contribution in [1.82, 2.24) is 0 Å². The van der Waals surface area contributed by atoms with E-state index < -0.39 is 0 Å². The zero-order chi connectivity index (χ0) is 12.6. The molecule has 0 unspecified atom stereocenters. The Balaban J connectivity index is 2.64. The predicted molar refractivity (Wildman–Crippen MR) is 69.4 cm³/mol. The zero-order valence-corrected chi connectivity index (χ0v) is 10.3. The van der Waals surface area contributed by atoms with Gasteiger partial charge in [0, 0.05) is 6.07 Å². The number of aryl methyl sites for hydroxylation is 2. The summed E-state index contributed by atoms with van der Waals surface area (Å²) in [7, 11) is 0. The Hall–Kier alpha value is -1.96. The third kappa shape index (κ3) is 2.11. The molecule has 2 rings (SSSR count). The third-order valence-corrected chi connectivity index (χ3v) is 3.18. The van der Waals surface area contributed by atoms with Crippen LogP contribution in [-0.4, -0.2) is 10.2 Å². The van der Waals surface area contributed by atoms with E-state index in [1.54, 1.807) is 6.07 Å². The van der Waals surface area contributed by atoms with Crippen molar-refractivity contribution in [3.05, 3.63) is 47.0 Å². The Morgan fingerprint density at radius 1 is 0.824 bits per heavy atom. The Morgan fingerprint density at radius 2 is 1.53 bits per heavy atom. The number of phenols is 2. The first-order valence-corrected chi connectivity index (χ1v) is 5.59. The van der Waals surface area contributed by atoms with Gasteiger partial charge in [-0.3, -0.25) is 0 Å². The maximum absolute atomic E-state index is 9.71. The monoisotopic (exact) mass is 228 g/mol. The molecule has 0 bridgehead atoms. The molecule has 2 aromatic rings. The molecular formula is C15H16O2. The highest BCUT2D eigenvalue weighted by Gasteiger charge is 2.08. The second-order valence-corrected chi connectivity index (χ2v) is 4.44. The fraction of sp³-hybridized carbons (Fsp3) is 0.200. The van der Waals surface area contributed by atoms with E-state index in [1.165, 1.54) is 17.2 Å². The molecule has 0 radical (unpaired) electrons. The van der Waals surface area contributed by atoms with Crippen molar-refractivity contribution in [2.75, 3.05) is 0 Å². The van der Waals surface area contributed by atoms with E-state index >= 15 is 0 Å². The van der Waals surface area contributed by atoms with Crippen LogP contribution >= 0.6 is 0 Å². The molecule has 0 heterocycles. The average molecular weight is 228 g/mol. The largest absolute Gasteiger partial charge is 0.508 e. The molecule has 0 aliphatic rings. The molecule has 0 aliphatic heterocycles. The van der Waals surface area contributed by atoms with Gasteiger partial charge >= 0.3 is 0 Å². The average Bonchev–Trinajstić information content (AvgIpc) is 2.27. The smallest absolute Gasteiger partial charge is 0.122 e. The Morgan fingerprint density at radius 3 is 2.18 bits per heavy atom. The van der Waals surface area contributed by atoms with E-state index in [2.05, 4.69) is 19.9 Å². The molecule has 88 valence electrons. The van der Waals surface area contributed by atoms with Gasteiger partial charge in [-0.2, -0.15) is 0 Å². The van der Waals surface area contributed by atoms with Gasteiger partial charge < -0.3 is 10.2 Å². The molecule has 0 aromatic heterocycles. The fourth-order valence-corrected chi connectivity index (χ4v) is 1.89. The van der Waals surface area contributed by atoms with Gasteiger partial charge in [0.15, 0.2) is 0 Å². The number of benzene rings is 2. The topological polar surface area (TPSA) is 40.5 Å². The quantitative estimate of drug-likeness (QED) is 0.781. The number of hydrogen-bond acceptors (Lipinski definition) is 2. The minimum Gasteiger partial charge on any atom is -0.508 e. The molecule has 0 aliphatic carbocycles. The van der Waals surface area contributed by atoms with Crippen molar-refractivity contribution in [2.45, 2.75) is 20.8 Å². The lowest BCUT2D eigenvalue weighted by Gasteiger charge is -2.10. The summed E-state index contributed by atoms with van der Waals surface area (Å²) in [6.45, 7) is 5.96. The normalized spacial score (nSPS) is 10.5. The molecule has 0 amide bonds. The number of phenolic OH excluding ortho intramolecular Hbond substituents is 2. The fourth-order valence-electron chi connectivity index (χ4n) is 1.89. The van der Waals surface area contributed by atoms with Crippen molar-refractivity contribution >= 4 is 0 Å². The van der Waals surface area contributed by atoms with Crippen LogP contribution in [0.4, 0.5) is 0 Å². The third-order valence-electron chi connectivity index (χ3n) is 3.18. The van der Waals surface area contributed by atoms with Gasteiger partial charge in [-0.1, -0.05) is 18.2 Å². The molecule has 17 heavy (non-hydrogen) atoms. The van der Waals surface area contributed by atoms with Gasteiger partial charge in [0.25, 0.3) is 0 Å². The lowest BCUT2D eigenvalue weighted by molar-refractivity contribution is 0.448. The second-order valence-electron chi connectivity index (χ2n) is 4.44. The highest BCUT2D eigenvalue weighted by molar-refractivity contribution is 5.72. The molecule has 2 heteroatoms. The summed E-state index contributed by atoms with van der Waals surface area (Å²) in [6.07, 6.45) is 0. The predicted octanol–water partition coefficient (Wildman–Crippen LogP) is 3.69. The van der Waals surface area contributed by atoms with Crippen molar-refractivity contribution in [1.29, 1.82) is 0 Å². The van der Waals surface area contributed by atoms with Crippen LogP contribution in [0.15, 0.2) is 30.3 Å². The summed E-state index contributed by atoms with van der Waals surface area (Å²) in [6, 6.07) is 9.16. The van der Waals surface area contributed by atoms with Crippen LogP contribution in [0, 0.1) is 20.8 Å². The summed E-state index contributed by atoms with van der Waals surface area (Å²) in [4.78, 5) is 0. The van der Waals surface area contributed by atoms with Crippen LogP contribution < -0.4 is 0 Å². The van der Waals surface area contributed by atoms with Crippen molar-refractivity contribution in [3.63, 3.8) is 0 Å². The van der Waals surface area contributed by atoms with Gasteiger partial charge in [-0.15, -0.1) is 0 Å². The van der Waals surface area contributed by atoms with Crippen molar-refractivity contribution < 1.29 is 10.2 Å². The van der Waals surface area contributed by atoms with Gasteiger partial charge in [-0.25, -0.2) is 0 Å². The van der Waals surface area contributed by atoms with E-state index in [1.807, 2.05) is 19.1 Å². The maximum atomic E-state index is 9.71. The van der Waals surface area contributed by atoms with E-state index in [4.69, 9.17) is 0 Å². The number of aromatic hydroxyl groups is 2. The first kappa shape index (κ1) is 11.5. The second kappa shape index (κ2) is 4.13. The van der Waals surface area contributed by atoms with Gasteiger partial charge in [0.2, 0.25) is 0 Å². The highest BCUT2D eigenvalue weighted by Crippen LogP contribution is 2.34. The first-order chi connectivity index (χ1) is 7.99. The van der Waals surface area contributed by atoms with Crippen LogP contribution in [-0.2, 0) is 0 Å². The molecule has 0 saturated heterocycles. The Bertz CT molecular complexity index is 571. The van der Waals surface area contributed by atoms with Crippen molar-refractivity contribution in [3.8, 4) is 22.6 Å². The highest BCUT2D eigenvalue weighted by atomic mass is 16.3. The Kier molecular flexibility index (Phi) is 2.80. The van der Waals surface area contributed by atoms with Crippen LogP contribution in [0.25, 0.3) is 11.1 Å². The van der Waals surface area contributed by atoms with E-state index in [0.717, 1.165) is 16.7 Å². The summed E-state index contributed by atoms with van der Waals surface area (Å²) in [5, 5.41) is 19.2. The van der Waals surface area contributed by atoms with Crippen LogP contribution in [0.3, 0.4) is 0 Å². The lowest BCUT2D eigenvalue weighted by Crippen LogP contribution is -1.87. The van der Waals surface area contributed by atoms with Crippen LogP contribution in [0.1, 0.15) is 16.7 Å². The minimum atomic E-state index is 0.0846. The van der Waals surface area contributed by atoms with E-state index in [9.17, 15) is 10.2 Å². The number of rotatable bonds is 1. The van der Waals surface area contributed by atoms with Gasteiger partial charge in [0.1, 0.15) is 11.5 Å². The molecule has 2 nitrogen and oxygen atoms in total. The Labute approximate surface area is 101 Å². The summed E-state index contributed by atoms with van der Waals surface area (Å²) < 4.78 is 0. The molecule has 0 spiro atoms. The summed E-state index contributed by atoms with van der Waals surface area (Å²) in [5.41, 5.74) is 5.09. The van der Waals surface area contributed by atoms with Gasteiger partial charge in [-0.05, 0) is 54.7 Å². The van der Waals surface area contributed by atoms with E-state index in [-0.39, 0.29) is 11.5 Å². The standard InChI is InChI=1S/C15H16O2/c1-9-4-5-12(6-10(9)2)14-7-13(16)8-15(17)11(14)3/h4-8,16-17H,1-3H3. The lowest BCUT2D eigenvalue weighted by atomic mass is 9.96. The number of hydrogen-bond donors (Lipinski definition) is 2. The summed E-state index contributed by atoms with van der Waals surface area (Å²) >= 11 is 0. The van der Waals surface area contributed by atoms with Crippen LogP contribution in [0.2, 0.25) is 0 Å². The first-order valence-electron chi connectivity index (χ1n) is 5.59. The molecular weight excluding hydrogens is 212 g/mol. The molecule has 0 atom stereocenters. The zero-order valence-electron chi connectivity index (χ0n) is 10.3.